The molecule has 1 unspecified atom stereocenters. The molecule has 0 aliphatic carbocycles. The summed E-state index contributed by atoms with van der Waals surface area (Å²) in [5, 5.41) is 0. The minimum absolute atomic E-state index is 0.814. The van der Waals surface area contributed by atoms with E-state index in [0.29, 0.717) is 0 Å². The lowest BCUT2D eigenvalue weighted by Crippen LogP contribution is -2.36. The summed E-state index contributed by atoms with van der Waals surface area (Å²) in [5.41, 5.74) is 0. The summed E-state index contributed by atoms with van der Waals surface area (Å²) < 4.78 is 0. The van der Waals surface area contributed by atoms with Crippen molar-refractivity contribution in [1.82, 2.24) is 0 Å². The zero-order valence-electron chi connectivity index (χ0n) is 7.02. The molecule has 0 aromatic carbocycles. The molecule has 60 valence electrons. The van der Waals surface area contributed by atoms with Gasteiger partial charge in [-0.05, 0) is 12.8 Å². The molecule has 0 saturated carbocycles. The minimum atomic E-state index is -0.814. The quantitative estimate of drug-likeness (QED) is 0.461. The Labute approximate surface area is 73.0 Å². The van der Waals surface area contributed by atoms with Gasteiger partial charge in [-0.25, -0.2) is 0 Å². The molecule has 1 heterocycles. The third-order valence-corrected chi connectivity index (χ3v) is 9.72. The first-order chi connectivity index (χ1) is 4.61. The van der Waals surface area contributed by atoms with Crippen LogP contribution in [0.3, 0.4) is 0 Å². The van der Waals surface area contributed by atoms with E-state index in [4.69, 9.17) is 0 Å². The van der Waals surface area contributed by atoms with Gasteiger partial charge in [0.2, 0.25) is 0 Å². The van der Waals surface area contributed by atoms with Crippen LogP contribution in [0.4, 0.5) is 0 Å². The van der Waals surface area contributed by atoms with Crippen LogP contribution in [-0.2, 0) is 0 Å². The Morgan fingerprint density at radius 1 is 1.30 bits per heavy atom. The van der Waals surface area contributed by atoms with E-state index < -0.39 is 8.07 Å². The molecule has 1 rings (SSSR count). The molecule has 0 aromatic rings. The lowest BCUT2D eigenvalue weighted by atomic mass is 10.4. The molecule has 10 heavy (non-hydrogen) atoms. The third kappa shape index (κ3) is 2.51. The average molecular weight is 192 g/mol. The molecule has 0 bridgehead atoms. The Morgan fingerprint density at radius 3 is 2.30 bits per heavy atom. The van der Waals surface area contributed by atoms with E-state index in [1.54, 1.807) is 0 Å². The van der Waals surface area contributed by atoms with Gasteiger partial charge in [-0.2, -0.15) is 0 Å². The lowest BCUT2D eigenvalue weighted by Gasteiger charge is -2.30. The van der Waals surface area contributed by atoms with Crippen LogP contribution >= 0.6 is 21.6 Å². The Morgan fingerprint density at radius 2 is 2.00 bits per heavy atom. The average Bonchev–Trinajstić information content (AvgIpc) is 1.88. The van der Waals surface area contributed by atoms with Crippen molar-refractivity contribution in [3.63, 3.8) is 0 Å². The van der Waals surface area contributed by atoms with Gasteiger partial charge < -0.3 is 0 Å². The van der Waals surface area contributed by atoms with Gasteiger partial charge in [0.05, 0.1) is 8.07 Å². The highest BCUT2D eigenvalue weighted by molar-refractivity contribution is 8.77. The first-order valence-corrected chi connectivity index (χ1v) is 9.85. The maximum Gasteiger partial charge on any atom is 0.0598 e. The van der Waals surface area contributed by atoms with Crippen molar-refractivity contribution in [1.29, 1.82) is 0 Å². The fourth-order valence-electron chi connectivity index (χ4n) is 1.08. The van der Waals surface area contributed by atoms with Crippen LogP contribution in [0, 0.1) is 0 Å². The predicted octanol–water partition coefficient (Wildman–Crippen LogP) is 3.41. The molecular formula is C7H16S2Si. The van der Waals surface area contributed by atoms with Crippen molar-refractivity contribution in [2.75, 3.05) is 5.75 Å². The summed E-state index contributed by atoms with van der Waals surface area (Å²) in [6.07, 6.45) is 2.93. The van der Waals surface area contributed by atoms with Crippen LogP contribution in [0.1, 0.15) is 12.8 Å². The van der Waals surface area contributed by atoms with Crippen molar-refractivity contribution < 1.29 is 0 Å². The lowest BCUT2D eigenvalue weighted by molar-refractivity contribution is 0.854. The summed E-state index contributed by atoms with van der Waals surface area (Å²) in [4.78, 5) is 1.02. The molecule has 0 radical (unpaired) electrons. The van der Waals surface area contributed by atoms with Crippen molar-refractivity contribution in [2.45, 2.75) is 37.4 Å². The van der Waals surface area contributed by atoms with Crippen molar-refractivity contribution in [2.24, 2.45) is 0 Å². The second kappa shape index (κ2) is 3.54. The Hall–Kier alpha value is 0.917. The van der Waals surface area contributed by atoms with Crippen LogP contribution < -0.4 is 0 Å². The minimum Gasteiger partial charge on any atom is -0.0942 e. The standard InChI is InChI=1S/C7H16S2Si/c1-10(2,3)7-5-4-6-8-9-7/h7H,4-6H2,1-3H3. The van der Waals surface area contributed by atoms with E-state index in [0.717, 1.165) is 4.87 Å². The van der Waals surface area contributed by atoms with Gasteiger partial charge in [0.15, 0.2) is 0 Å². The van der Waals surface area contributed by atoms with E-state index in [1.165, 1.54) is 18.6 Å². The highest BCUT2D eigenvalue weighted by Crippen LogP contribution is 2.39. The molecule has 1 aliphatic rings. The van der Waals surface area contributed by atoms with Crippen molar-refractivity contribution >= 4 is 29.7 Å². The molecule has 0 aromatic heterocycles. The SMILES string of the molecule is C[Si](C)(C)C1CCCSS1. The normalized spacial score (nSPS) is 28.5. The molecule has 0 spiro atoms. The van der Waals surface area contributed by atoms with E-state index in [-0.39, 0.29) is 0 Å². The number of rotatable bonds is 1. The molecule has 1 saturated heterocycles. The maximum absolute atomic E-state index is 2.48. The van der Waals surface area contributed by atoms with E-state index in [2.05, 4.69) is 41.2 Å². The fourth-order valence-corrected chi connectivity index (χ4v) is 8.75. The van der Waals surface area contributed by atoms with E-state index in [9.17, 15) is 0 Å². The second-order valence-electron chi connectivity index (χ2n) is 3.92. The van der Waals surface area contributed by atoms with Crippen LogP contribution in [0.5, 0.6) is 0 Å². The van der Waals surface area contributed by atoms with Gasteiger partial charge >= 0.3 is 0 Å². The van der Waals surface area contributed by atoms with E-state index in [1.807, 2.05) is 0 Å². The van der Waals surface area contributed by atoms with Gasteiger partial charge in [0.25, 0.3) is 0 Å². The number of hydrogen-bond donors (Lipinski definition) is 0. The van der Waals surface area contributed by atoms with Crippen LogP contribution in [0.25, 0.3) is 0 Å². The zero-order valence-corrected chi connectivity index (χ0v) is 9.65. The molecule has 0 nitrogen and oxygen atoms in total. The van der Waals surface area contributed by atoms with Crippen molar-refractivity contribution in [3.05, 3.63) is 0 Å². The Bertz CT molecular complexity index is 103. The van der Waals surface area contributed by atoms with Gasteiger partial charge in [0, 0.05) is 10.6 Å². The largest absolute Gasteiger partial charge is 0.0942 e. The second-order valence-corrected chi connectivity index (χ2v) is 12.5. The predicted molar refractivity (Wildman–Crippen MR) is 56.4 cm³/mol. The molecule has 1 aliphatic heterocycles. The first kappa shape index (κ1) is 9.01. The Kier molecular flexibility index (Phi) is 3.19. The van der Waals surface area contributed by atoms with Crippen LogP contribution in [0.15, 0.2) is 0 Å². The van der Waals surface area contributed by atoms with Crippen LogP contribution in [0.2, 0.25) is 19.6 Å². The summed E-state index contributed by atoms with van der Waals surface area (Å²) >= 11 is 0. The summed E-state index contributed by atoms with van der Waals surface area (Å²) in [6.45, 7) is 7.45. The summed E-state index contributed by atoms with van der Waals surface area (Å²) in [7, 11) is 3.42. The summed E-state index contributed by atoms with van der Waals surface area (Å²) in [6, 6.07) is 0. The topological polar surface area (TPSA) is 0 Å². The highest BCUT2D eigenvalue weighted by Gasteiger charge is 2.28. The van der Waals surface area contributed by atoms with Crippen molar-refractivity contribution in [3.8, 4) is 0 Å². The van der Waals surface area contributed by atoms with Gasteiger partial charge in [-0.15, -0.1) is 0 Å². The van der Waals surface area contributed by atoms with Crippen LogP contribution in [-0.4, -0.2) is 18.7 Å². The third-order valence-electron chi connectivity index (χ3n) is 1.84. The Balaban J connectivity index is 2.39. The molecule has 0 N–H and O–H groups in total. The first-order valence-electron chi connectivity index (χ1n) is 3.89. The smallest absolute Gasteiger partial charge is 0.0598 e. The molecule has 1 atom stereocenters. The van der Waals surface area contributed by atoms with Gasteiger partial charge in [-0.3, -0.25) is 0 Å². The van der Waals surface area contributed by atoms with E-state index >= 15 is 0 Å². The summed E-state index contributed by atoms with van der Waals surface area (Å²) in [5.74, 6) is 1.38. The number of hydrogen-bond acceptors (Lipinski definition) is 2. The highest BCUT2D eigenvalue weighted by atomic mass is 33.1. The van der Waals surface area contributed by atoms with Gasteiger partial charge in [0.1, 0.15) is 0 Å². The molecule has 0 amide bonds. The molecule has 1 fully saturated rings. The monoisotopic (exact) mass is 192 g/mol. The molecule has 3 heteroatoms. The molecular weight excluding hydrogens is 176 g/mol. The fraction of sp³-hybridized carbons (Fsp3) is 1.00. The van der Waals surface area contributed by atoms with Gasteiger partial charge in [-0.1, -0.05) is 41.2 Å². The maximum atomic E-state index is 2.48. The zero-order chi connectivity index (χ0) is 7.61.